The number of fused-ring (bicyclic) bond motifs is 1. The lowest BCUT2D eigenvalue weighted by atomic mass is 9.84. The Kier molecular flexibility index (Phi) is 4.29. The van der Waals surface area contributed by atoms with Gasteiger partial charge in [0.2, 0.25) is 5.95 Å². The van der Waals surface area contributed by atoms with Gasteiger partial charge in [-0.05, 0) is 31.7 Å². The highest BCUT2D eigenvalue weighted by molar-refractivity contribution is 7.18. The Hall–Kier alpha value is -1.36. The van der Waals surface area contributed by atoms with E-state index in [4.69, 9.17) is 0 Å². The van der Waals surface area contributed by atoms with Gasteiger partial charge in [0.25, 0.3) is 0 Å². The Balaban J connectivity index is 1.88. The monoisotopic (exact) mass is 304 g/mol. The summed E-state index contributed by atoms with van der Waals surface area (Å²) in [5.41, 5.74) is 0. The van der Waals surface area contributed by atoms with E-state index in [1.807, 2.05) is 7.05 Å². The Labute approximate surface area is 130 Å². The maximum Gasteiger partial charge on any atom is 0.225 e. The molecule has 0 aliphatic heterocycles. The topological polar surface area (TPSA) is 49.8 Å². The van der Waals surface area contributed by atoms with E-state index in [0.717, 1.165) is 22.0 Å². The number of thiophene rings is 1. The van der Waals surface area contributed by atoms with Crippen LogP contribution in [0, 0.1) is 12.8 Å². The van der Waals surface area contributed by atoms with Gasteiger partial charge in [0.15, 0.2) is 0 Å². The minimum atomic E-state index is 0.548. The van der Waals surface area contributed by atoms with Gasteiger partial charge >= 0.3 is 0 Å². The molecular weight excluding hydrogens is 280 g/mol. The molecule has 1 saturated carbocycles. The van der Waals surface area contributed by atoms with Crippen LogP contribution in [0.4, 0.5) is 11.8 Å². The van der Waals surface area contributed by atoms with Gasteiger partial charge in [0.05, 0.1) is 5.39 Å². The van der Waals surface area contributed by atoms with Crippen molar-refractivity contribution in [1.82, 2.24) is 9.97 Å². The maximum absolute atomic E-state index is 4.65. The van der Waals surface area contributed by atoms with Gasteiger partial charge in [0.1, 0.15) is 10.6 Å². The predicted molar refractivity (Wildman–Crippen MR) is 91.4 cm³/mol. The van der Waals surface area contributed by atoms with E-state index in [-0.39, 0.29) is 0 Å². The standard InChI is InChI=1S/C16H24N4S/c1-4-11-6-5-7-12(9-11)18-14-13-8-10(2)21-15(13)20-16(17-3)19-14/h8,11-12H,4-7,9H2,1-3H3,(H2,17,18,19,20). The largest absolute Gasteiger partial charge is 0.367 e. The highest BCUT2D eigenvalue weighted by Crippen LogP contribution is 2.33. The van der Waals surface area contributed by atoms with Crippen molar-refractivity contribution in [3.8, 4) is 0 Å². The van der Waals surface area contributed by atoms with Crippen molar-refractivity contribution >= 4 is 33.3 Å². The molecule has 5 heteroatoms. The second-order valence-electron chi connectivity index (χ2n) is 6.00. The Morgan fingerprint density at radius 3 is 2.95 bits per heavy atom. The molecule has 0 spiro atoms. The summed E-state index contributed by atoms with van der Waals surface area (Å²) in [5, 5.41) is 7.92. The first-order chi connectivity index (χ1) is 10.2. The molecule has 2 unspecified atom stereocenters. The lowest BCUT2D eigenvalue weighted by Gasteiger charge is -2.29. The van der Waals surface area contributed by atoms with Gasteiger partial charge < -0.3 is 10.6 Å². The van der Waals surface area contributed by atoms with Crippen molar-refractivity contribution < 1.29 is 0 Å². The average Bonchev–Trinajstić information content (AvgIpc) is 2.88. The summed E-state index contributed by atoms with van der Waals surface area (Å²) in [5.74, 6) is 2.56. The molecular formula is C16H24N4S. The summed E-state index contributed by atoms with van der Waals surface area (Å²) in [7, 11) is 1.87. The van der Waals surface area contributed by atoms with Crippen LogP contribution in [-0.4, -0.2) is 23.1 Å². The normalized spacial score (nSPS) is 22.4. The van der Waals surface area contributed by atoms with E-state index in [1.165, 1.54) is 37.0 Å². The van der Waals surface area contributed by atoms with Crippen LogP contribution in [0.25, 0.3) is 10.2 Å². The predicted octanol–water partition coefficient (Wildman–Crippen LogP) is 4.42. The quantitative estimate of drug-likeness (QED) is 0.877. The number of nitrogens with one attached hydrogen (secondary N) is 2. The van der Waals surface area contributed by atoms with Gasteiger partial charge in [-0.15, -0.1) is 11.3 Å². The fraction of sp³-hybridized carbons (Fsp3) is 0.625. The molecule has 1 aliphatic rings. The third-order valence-corrected chi connectivity index (χ3v) is 5.38. The zero-order chi connectivity index (χ0) is 14.8. The Morgan fingerprint density at radius 1 is 1.33 bits per heavy atom. The van der Waals surface area contributed by atoms with Crippen LogP contribution >= 0.6 is 11.3 Å². The summed E-state index contributed by atoms with van der Waals surface area (Å²) in [6, 6.07) is 2.74. The average molecular weight is 304 g/mol. The van der Waals surface area contributed by atoms with Gasteiger partial charge in [-0.25, -0.2) is 4.98 Å². The second kappa shape index (κ2) is 6.18. The minimum absolute atomic E-state index is 0.548. The molecule has 0 radical (unpaired) electrons. The van der Waals surface area contributed by atoms with Crippen LogP contribution in [0.2, 0.25) is 0 Å². The van der Waals surface area contributed by atoms with E-state index in [0.29, 0.717) is 12.0 Å². The molecule has 2 aromatic rings. The molecule has 3 rings (SSSR count). The van der Waals surface area contributed by atoms with Crippen LogP contribution in [0.1, 0.15) is 43.9 Å². The zero-order valence-electron chi connectivity index (χ0n) is 13.1. The van der Waals surface area contributed by atoms with Crippen LogP contribution < -0.4 is 10.6 Å². The van der Waals surface area contributed by atoms with Crippen molar-refractivity contribution in [3.63, 3.8) is 0 Å². The molecule has 21 heavy (non-hydrogen) atoms. The number of hydrogen-bond acceptors (Lipinski definition) is 5. The molecule has 0 saturated heterocycles. The molecule has 2 N–H and O–H groups in total. The second-order valence-corrected chi connectivity index (χ2v) is 7.24. The van der Waals surface area contributed by atoms with Crippen molar-refractivity contribution in [2.45, 2.75) is 52.0 Å². The van der Waals surface area contributed by atoms with Crippen LogP contribution in [0.15, 0.2) is 6.07 Å². The number of nitrogens with zero attached hydrogens (tertiary/aromatic N) is 2. The van der Waals surface area contributed by atoms with E-state index in [2.05, 4.69) is 40.5 Å². The van der Waals surface area contributed by atoms with Crippen LogP contribution in [-0.2, 0) is 0 Å². The summed E-state index contributed by atoms with van der Waals surface area (Å²) in [6.07, 6.45) is 6.51. The first-order valence-corrected chi connectivity index (χ1v) is 8.73. The molecule has 2 atom stereocenters. The molecule has 0 aromatic carbocycles. The lowest BCUT2D eigenvalue weighted by Crippen LogP contribution is -2.27. The molecule has 1 fully saturated rings. The summed E-state index contributed by atoms with van der Waals surface area (Å²) < 4.78 is 0. The summed E-state index contributed by atoms with van der Waals surface area (Å²) >= 11 is 1.73. The molecule has 0 amide bonds. The zero-order valence-corrected chi connectivity index (χ0v) is 13.9. The van der Waals surface area contributed by atoms with E-state index in [9.17, 15) is 0 Å². The van der Waals surface area contributed by atoms with Gasteiger partial charge in [-0.3, -0.25) is 0 Å². The van der Waals surface area contributed by atoms with Gasteiger partial charge in [-0.1, -0.05) is 26.2 Å². The fourth-order valence-corrected chi connectivity index (χ4v) is 4.13. The molecule has 4 nitrogen and oxygen atoms in total. The number of anilines is 2. The lowest BCUT2D eigenvalue weighted by molar-refractivity contribution is 0.327. The van der Waals surface area contributed by atoms with Gasteiger partial charge in [-0.2, -0.15) is 4.98 Å². The van der Waals surface area contributed by atoms with Gasteiger partial charge in [0, 0.05) is 18.0 Å². The van der Waals surface area contributed by atoms with Crippen molar-refractivity contribution in [2.75, 3.05) is 17.7 Å². The van der Waals surface area contributed by atoms with Crippen LogP contribution in [0.5, 0.6) is 0 Å². The van der Waals surface area contributed by atoms with Crippen molar-refractivity contribution in [2.24, 2.45) is 5.92 Å². The first-order valence-electron chi connectivity index (χ1n) is 7.92. The molecule has 2 heterocycles. The van der Waals surface area contributed by atoms with Crippen molar-refractivity contribution in [3.05, 3.63) is 10.9 Å². The van der Waals surface area contributed by atoms with E-state index < -0.39 is 0 Å². The molecule has 2 aromatic heterocycles. The van der Waals surface area contributed by atoms with E-state index >= 15 is 0 Å². The number of aryl methyl sites for hydroxylation is 1. The summed E-state index contributed by atoms with van der Waals surface area (Å²) in [6.45, 7) is 4.43. The third-order valence-electron chi connectivity index (χ3n) is 4.44. The summed E-state index contributed by atoms with van der Waals surface area (Å²) in [4.78, 5) is 11.6. The van der Waals surface area contributed by atoms with E-state index in [1.54, 1.807) is 11.3 Å². The number of aromatic nitrogens is 2. The fourth-order valence-electron chi connectivity index (χ4n) is 3.25. The Morgan fingerprint density at radius 2 is 2.19 bits per heavy atom. The number of hydrogen-bond donors (Lipinski definition) is 2. The molecule has 0 bridgehead atoms. The highest BCUT2D eigenvalue weighted by atomic mass is 32.1. The number of rotatable bonds is 4. The Bertz CT molecular complexity index is 622. The molecule has 1 aliphatic carbocycles. The third kappa shape index (κ3) is 3.12. The van der Waals surface area contributed by atoms with Crippen LogP contribution in [0.3, 0.4) is 0 Å². The SMILES string of the molecule is CCC1CCCC(Nc2nc(NC)nc3sc(C)cc23)C1. The first kappa shape index (κ1) is 14.6. The minimum Gasteiger partial charge on any atom is -0.367 e. The van der Waals surface area contributed by atoms with Crippen molar-refractivity contribution in [1.29, 1.82) is 0 Å². The highest BCUT2D eigenvalue weighted by Gasteiger charge is 2.22. The molecule has 114 valence electrons. The maximum atomic E-state index is 4.65. The smallest absolute Gasteiger partial charge is 0.225 e.